The van der Waals surface area contributed by atoms with Crippen molar-refractivity contribution >= 4 is 21.7 Å². The van der Waals surface area contributed by atoms with Crippen molar-refractivity contribution in [2.75, 3.05) is 20.2 Å². The Morgan fingerprint density at radius 3 is 2.44 bits per heavy atom. The van der Waals surface area contributed by atoms with Gasteiger partial charge in [0.15, 0.2) is 0 Å². The Morgan fingerprint density at radius 2 is 1.66 bits per heavy atom. The second kappa shape index (κ2) is 8.32. The summed E-state index contributed by atoms with van der Waals surface area (Å²) in [7, 11) is 1.68. The molecule has 3 aromatic carbocycles. The summed E-state index contributed by atoms with van der Waals surface area (Å²) in [5, 5.41) is 13.8. The third-order valence-corrected chi connectivity index (χ3v) is 6.60. The summed E-state index contributed by atoms with van der Waals surface area (Å²) in [6.07, 6.45) is 3.49. The maximum atomic E-state index is 12.0. The summed E-state index contributed by atoms with van der Waals surface area (Å²) < 4.78 is 11.2. The van der Waals surface area contributed by atoms with Crippen LogP contribution in [0.4, 0.5) is 0 Å². The van der Waals surface area contributed by atoms with E-state index in [4.69, 9.17) is 9.15 Å². The first-order chi connectivity index (χ1) is 15.6. The van der Waals surface area contributed by atoms with E-state index < -0.39 is 0 Å². The highest BCUT2D eigenvalue weighted by atomic mass is 16.5. The molecule has 1 unspecified atom stereocenters. The largest absolute Gasteiger partial charge is 0.507 e. The molecule has 1 N–H and O–H groups in total. The molecule has 5 rings (SSSR count). The fourth-order valence-electron chi connectivity index (χ4n) is 5.03. The highest BCUT2D eigenvalue weighted by molar-refractivity contribution is 6.07. The number of fused-ring (bicyclic) bond motifs is 3. The molecule has 5 heteroatoms. The standard InChI is InChI=1S/C27H27NO4/c1-17-16-24(29)32-27-18(17)10-11-19-20(27)12-13-22(26(19)30)25(28-14-6-3-7-15-28)21-8-4-5-9-23(21)31-2/h4-5,8-13,16,25,30H,3,6-7,14-15H2,1-2H3. The van der Waals surface area contributed by atoms with E-state index in [1.165, 1.54) is 12.5 Å². The van der Waals surface area contributed by atoms with Gasteiger partial charge in [0.05, 0.1) is 13.2 Å². The third kappa shape index (κ3) is 3.43. The first kappa shape index (κ1) is 20.6. The number of ether oxygens (including phenoxy) is 1. The van der Waals surface area contributed by atoms with Crippen molar-refractivity contribution in [3.05, 3.63) is 81.7 Å². The molecular weight excluding hydrogens is 402 g/mol. The number of benzene rings is 3. The number of piperidine rings is 1. The van der Waals surface area contributed by atoms with Gasteiger partial charge in [0.2, 0.25) is 0 Å². The van der Waals surface area contributed by atoms with E-state index >= 15 is 0 Å². The summed E-state index contributed by atoms with van der Waals surface area (Å²) in [4.78, 5) is 14.4. The summed E-state index contributed by atoms with van der Waals surface area (Å²) >= 11 is 0. The van der Waals surface area contributed by atoms with E-state index in [9.17, 15) is 9.90 Å². The Bertz CT molecular complexity index is 1350. The fourth-order valence-corrected chi connectivity index (χ4v) is 5.03. The summed E-state index contributed by atoms with van der Waals surface area (Å²) in [6, 6.07) is 17.1. The molecule has 0 radical (unpaired) electrons. The lowest BCUT2D eigenvalue weighted by Crippen LogP contribution is -2.34. The number of hydrogen-bond acceptors (Lipinski definition) is 5. The molecule has 32 heavy (non-hydrogen) atoms. The Labute approximate surface area is 186 Å². The van der Waals surface area contributed by atoms with Crippen LogP contribution in [0.15, 0.2) is 63.8 Å². The van der Waals surface area contributed by atoms with Gasteiger partial charge in [-0.1, -0.05) is 36.8 Å². The SMILES string of the molecule is COc1ccccc1C(c1ccc2c(ccc3c(C)cc(=O)oc32)c1O)N1CCCCC1. The van der Waals surface area contributed by atoms with Gasteiger partial charge >= 0.3 is 5.63 Å². The molecule has 1 saturated heterocycles. The van der Waals surface area contributed by atoms with Gasteiger partial charge in [-0.25, -0.2) is 4.79 Å². The zero-order valence-corrected chi connectivity index (χ0v) is 18.4. The van der Waals surface area contributed by atoms with Crippen LogP contribution in [0.5, 0.6) is 11.5 Å². The van der Waals surface area contributed by atoms with E-state index in [0.29, 0.717) is 11.0 Å². The number of phenolic OH excluding ortho intramolecular Hbond substituents is 1. The molecule has 0 spiro atoms. The number of likely N-dealkylation sites (tertiary alicyclic amines) is 1. The van der Waals surface area contributed by atoms with Crippen molar-refractivity contribution in [2.45, 2.75) is 32.2 Å². The van der Waals surface area contributed by atoms with Crippen LogP contribution in [0, 0.1) is 6.92 Å². The molecule has 1 fully saturated rings. The van der Waals surface area contributed by atoms with E-state index in [1.54, 1.807) is 7.11 Å². The van der Waals surface area contributed by atoms with Crippen molar-refractivity contribution in [3.8, 4) is 11.5 Å². The van der Waals surface area contributed by atoms with Crippen LogP contribution < -0.4 is 10.4 Å². The first-order valence-corrected chi connectivity index (χ1v) is 11.1. The second-order valence-electron chi connectivity index (χ2n) is 8.53. The summed E-state index contributed by atoms with van der Waals surface area (Å²) in [6.45, 7) is 3.82. The smallest absolute Gasteiger partial charge is 0.336 e. The number of phenols is 1. The molecule has 0 bridgehead atoms. The van der Waals surface area contributed by atoms with Crippen LogP contribution in [-0.2, 0) is 0 Å². The summed E-state index contributed by atoms with van der Waals surface area (Å²) in [5.41, 5.74) is 2.86. The zero-order valence-electron chi connectivity index (χ0n) is 18.4. The Kier molecular flexibility index (Phi) is 5.35. The Morgan fingerprint density at radius 1 is 0.938 bits per heavy atom. The molecule has 1 aromatic heterocycles. The second-order valence-corrected chi connectivity index (χ2v) is 8.53. The van der Waals surface area contributed by atoms with Crippen molar-refractivity contribution in [2.24, 2.45) is 0 Å². The summed E-state index contributed by atoms with van der Waals surface area (Å²) in [5.74, 6) is 1.03. The average molecular weight is 430 g/mol. The van der Waals surface area contributed by atoms with E-state index in [-0.39, 0.29) is 17.4 Å². The van der Waals surface area contributed by atoms with E-state index in [2.05, 4.69) is 11.0 Å². The molecule has 0 saturated carbocycles. The quantitative estimate of drug-likeness (QED) is 0.341. The molecule has 0 aliphatic carbocycles. The number of nitrogens with zero attached hydrogens (tertiary/aromatic N) is 1. The molecular formula is C27H27NO4. The number of aryl methyl sites for hydroxylation is 1. The molecule has 1 aliphatic heterocycles. The molecule has 1 aliphatic rings. The highest BCUT2D eigenvalue weighted by Crippen LogP contribution is 2.43. The first-order valence-electron chi connectivity index (χ1n) is 11.1. The third-order valence-electron chi connectivity index (χ3n) is 6.60. The van der Waals surface area contributed by atoms with E-state index in [0.717, 1.165) is 59.1 Å². The maximum absolute atomic E-state index is 12.0. The van der Waals surface area contributed by atoms with Crippen LogP contribution >= 0.6 is 0 Å². The molecule has 5 nitrogen and oxygen atoms in total. The van der Waals surface area contributed by atoms with Crippen LogP contribution in [0.3, 0.4) is 0 Å². The molecule has 0 amide bonds. The highest BCUT2D eigenvalue weighted by Gasteiger charge is 2.29. The van der Waals surface area contributed by atoms with Crippen LogP contribution in [0.25, 0.3) is 21.7 Å². The monoisotopic (exact) mass is 429 g/mol. The lowest BCUT2D eigenvalue weighted by molar-refractivity contribution is 0.182. The van der Waals surface area contributed by atoms with Crippen molar-refractivity contribution < 1.29 is 14.3 Å². The van der Waals surface area contributed by atoms with Gasteiger partial charge < -0.3 is 14.3 Å². The van der Waals surface area contributed by atoms with Crippen molar-refractivity contribution in [1.29, 1.82) is 0 Å². The fraction of sp³-hybridized carbons (Fsp3) is 0.296. The normalized spacial score (nSPS) is 15.8. The lowest BCUT2D eigenvalue weighted by atomic mass is 9.91. The predicted octanol–water partition coefficient (Wildman–Crippen LogP) is 5.54. The van der Waals surface area contributed by atoms with Gasteiger partial charge in [-0.05, 0) is 56.6 Å². The molecule has 164 valence electrons. The average Bonchev–Trinajstić information content (AvgIpc) is 2.81. The minimum absolute atomic E-state index is 0.129. The number of aromatic hydroxyl groups is 1. The molecule has 4 aromatic rings. The Hall–Kier alpha value is -3.31. The van der Waals surface area contributed by atoms with Crippen LogP contribution in [-0.4, -0.2) is 30.2 Å². The Balaban J connectivity index is 1.75. The van der Waals surface area contributed by atoms with Gasteiger partial charge in [-0.3, -0.25) is 4.90 Å². The zero-order chi connectivity index (χ0) is 22.2. The topological polar surface area (TPSA) is 62.9 Å². The van der Waals surface area contributed by atoms with Gasteiger partial charge in [0.1, 0.15) is 17.1 Å². The number of methoxy groups -OCH3 is 1. The van der Waals surface area contributed by atoms with Crippen LogP contribution in [0.1, 0.15) is 42.0 Å². The van der Waals surface area contributed by atoms with Crippen molar-refractivity contribution in [1.82, 2.24) is 4.90 Å². The number of para-hydroxylation sites is 1. The number of rotatable bonds is 4. The van der Waals surface area contributed by atoms with Crippen molar-refractivity contribution in [3.63, 3.8) is 0 Å². The molecule has 2 heterocycles. The van der Waals surface area contributed by atoms with Gasteiger partial charge in [0, 0.05) is 33.4 Å². The molecule has 1 atom stereocenters. The maximum Gasteiger partial charge on any atom is 0.336 e. The number of hydrogen-bond donors (Lipinski definition) is 1. The van der Waals surface area contributed by atoms with Gasteiger partial charge in [-0.2, -0.15) is 0 Å². The van der Waals surface area contributed by atoms with E-state index in [1.807, 2.05) is 49.4 Å². The minimum Gasteiger partial charge on any atom is -0.507 e. The lowest BCUT2D eigenvalue weighted by Gasteiger charge is -2.36. The predicted molar refractivity (Wildman–Crippen MR) is 127 cm³/mol. The minimum atomic E-state index is -0.383. The van der Waals surface area contributed by atoms with Gasteiger partial charge in [0.25, 0.3) is 0 Å². The van der Waals surface area contributed by atoms with Crippen LogP contribution in [0.2, 0.25) is 0 Å². The van der Waals surface area contributed by atoms with Gasteiger partial charge in [-0.15, -0.1) is 0 Å².